The van der Waals surface area contributed by atoms with Gasteiger partial charge in [-0.3, -0.25) is 14.6 Å². The van der Waals surface area contributed by atoms with E-state index in [1.165, 1.54) is 0 Å². The SMILES string of the molecule is COc1c(C)cnc(CN(C)C(=O)[C@@H]2CC(=O)OC23CCCCC3)c1C. The molecule has 0 radical (unpaired) electrons. The van der Waals surface area contributed by atoms with Crippen LogP contribution in [0.15, 0.2) is 6.20 Å². The molecule has 2 fully saturated rings. The minimum atomic E-state index is -0.589. The molecule has 0 bridgehead atoms. The summed E-state index contributed by atoms with van der Waals surface area (Å²) in [4.78, 5) is 31.3. The topological polar surface area (TPSA) is 68.7 Å². The van der Waals surface area contributed by atoms with Crippen LogP contribution < -0.4 is 4.74 Å². The summed E-state index contributed by atoms with van der Waals surface area (Å²) >= 11 is 0. The molecule has 0 N–H and O–H groups in total. The summed E-state index contributed by atoms with van der Waals surface area (Å²) < 4.78 is 11.1. The van der Waals surface area contributed by atoms with Crippen LogP contribution in [0.1, 0.15) is 55.3 Å². The zero-order valence-corrected chi connectivity index (χ0v) is 16.1. The predicted octanol–water partition coefficient (Wildman–Crippen LogP) is 2.93. The molecule has 1 amide bonds. The van der Waals surface area contributed by atoms with E-state index in [4.69, 9.17) is 9.47 Å². The average molecular weight is 360 g/mol. The number of hydrogen-bond acceptors (Lipinski definition) is 5. The Bertz CT molecular complexity index is 710. The average Bonchev–Trinajstić information content (AvgIpc) is 2.93. The number of amides is 1. The molecule has 1 saturated heterocycles. The third-order valence-corrected chi connectivity index (χ3v) is 5.83. The van der Waals surface area contributed by atoms with Crippen molar-refractivity contribution in [3.05, 3.63) is 23.0 Å². The van der Waals surface area contributed by atoms with Crippen LogP contribution in [0.3, 0.4) is 0 Å². The summed E-state index contributed by atoms with van der Waals surface area (Å²) in [6.45, 7) is 4.30. The molecule has 142 valence electrons. The fourth-order valence-corrected chi connectivity index (χ4v) is 4.40. The Balaban J connectivity index is 1.78. The standard InChI is InChI=1S/C20H28N2O4/c1-13-11-21-16(14(2)18(13)25-4)12-22(3)19(24)15-10-17(23)26-20(15)8-6-5-7-9-20/h11,15H,5-10,12H2,1-4H3/t15-/m0/s1. The fourth-order valence-electron chi connectivity index (χ4n) is 4.40. The molecule has 1 aliphatic heterocycles. The van der Waals surface area contributed by atoms with Crippen LogP contribution >= 0.6 is 0 Å². The van der Waals surface area contributed by atoms with Crippen molar-refractivity contribution in [3.63, 3.8) is 0 Å². The molecule has 1 aliphatic carbocycles. The van der Waals surface area contributed by atoms with Crippen molar-refractivity contribution < 1.29 is 19.1 Å². The van der Waals surface area contributed by atoms with Crippen molar-refractivity contribution in [2.45, 2.75) is 64.5 Å². The van der Waals surface area contributed by atoms with Crippen molar-refractivity contribution in [3.8, 4) is 5.75 Å². The highest BCUT2D eigenvalue weighted by molar-refractivity contribution is 5.87. The lowest BCUT2D eigenvalue weighted by Crippen LogP contribution is -2.46. The lowest BCUT2D eigenvalue weighted by molar-refractivity contribution is -0.155. The first-order chi connectivity index (χ1) is 12.4. The Hall–Kier alpha value is -2.11. The second-order valence-corrected chi connectivity index (χ2v) is 7.60. The number of carbonyl (C=O) groups is 2. The first kappa shape index (κ1) is 18.7. The Morgan fingerprint density at radius 2 is 2.04 bits per heavy atom. The number of aryl methyl sites for hydroxylation is 1. The molecule has 1 atom stereocenters. The van der Waals surface area contributed by atoms with Crippen molar-refractivity contribution in [2.75, 3.05) is 14.2 Å². The number of methoxy groups -OCH3 is 1. The van der Waals surface area contributed by atoms with E-state index < -0.39 is 5.60 Å². The van der Waals surface area contributed by atoms with Gasteiger partial charge >= 0.3 is 5.97 Å². The van der Waals surface area contributed by atoms with Crippen molar-refractivity contribution in [2.24, 2.45) is 5.92 Å². The van der Waals surface area contributed by atoms with Crippen LogP contribution in [0, 0.1) is 19.8 Å². The summed E-state index contributed by atoms with van der Waals surface area (Å²) in [5.41, 5.74) is 2.14. The van der Waals surface area contributed by atoms with Gasteiger partial charge in [-0.25, -0.2) is 0 Å². The van der Waals surface area contributed by atoms with E-state index in [-0.39, 0.29) is 24.2 Å². The number of nitrogens with zero attached hydrogens (tertiary/aromatic N) is 2. The summed E-state index contributed by atoms with van der Waals surface area (Å²) in [7, 11) is 3.41. The normalized spacial score (nSPS) is 21.5. The molecule has 26 heavy (non-hydrogen) atoms. The van der Waals surface area contributed by atoms with E-state index in [9.17, 15) is 9.59 Å². The smallest absolute Gasteiger partial charge is 0.307 e. The number of esters is 1. The largest absolute Gasteiger partial charge is 0.496 e. The van der Waals surface area contributed by atoms with Crippen molar-refractivity contribution in [1.82, 2.24) is 9.88 Å². The molecule has 1 aromatic rings. The Morgan fingerprint density at radius 1 is 1.35 bits per heavy atom. The van der Waals surface area contributed by atoms with E-state index in [1.54, 1.807) is 25.3 Å². The zero-order valence-electron chi connectivity index (χ0n) is 16.1. The number of ether oxygens (including phenoxy) is 2. The van der Waals surface area contributed by atoms with Crippen molar-refractivity contribution >= 4 is 11.9 Å². The fraction of sp³-hybridized carbons (Fsp3) is 0.650. The van der Waals surface area contributed by atoms with Gasteiger partial charge in [0.25, 0.3) is 0 Å². The number of rotatable bonds is 4. The monoisotopic (exact) mass is 360 g/mol. The first-order valence-electron chi connectivity index (χ1n) is 9.34. The van der Waals surface area contributed by atoms with Gasteiger partial charge in [0.15, 0.2) is 0 Å². The number of carbonyl (C=O) groups excluding carboxylic acids is 2. The Morgan fingerprint density at radius 3 is 2.69 bits per heavy atom. The number of hydrogen-bond donors (Lipinski definition) is 0. The molecule has 1 saturated carbocycles. The molecule has 3 rings (SSSR count). The molecule has 6 nitrogen and oxygen atoms in total. The second-order valence-electron chi connectivity index (χ2n) is 7.60. The maximum Gasteiger partial charge on any atom is 0.307 e. The summed E-state index contributed by atoms with van der Waals surface area (Å²) in [5, 5.41) is 0. The molecule has 6 heteroatoms. The first-order valence-corrected chi connectivity index (χ1v) is 9.34. The molecule has 0 aromatic carbocycles. The van der Waals surface area contributed by atoms with Gasteiger partial charge in [-0.2, -0.15) is 0 Å². The number of aromatic nitrogens is 1. The quantitative estimate of drug-likeness (QED) is 0.772. The van der Waals surface area contributed by atoms with E-state index in [2.05, 4.69) is 4.98 Å². The maximum atomic E-state index is 13.1. The van der Waals surface area contributed by atoms with Gasteiger partial charge in [-0.1, -0.05) is 6.42 Å². The molecule has 2 aliphatic rings. The molecular formula is C20H28N2O4. The molecule has 0 unspecified atom stereocenters. The molecule has 2 heterocycles. The maximum absolute atomic E-state index is 13.1. The van der Waals surface area contributed by atoms with Crippen LogP contribution in [0.25, 0.3) is 0 Å². The third kappa shape index (κ3) is 3.29. The lowest BCUT2D eigenvalue weighted by atomic mass is 9.75. The summed E-state index contributed by atoms with van der Waals surface area (Å²) in [6.07, 6.45) is 6.70. The Kier molecular flexibility index (Phi) is 5.21. The highest BCUT2D eigenvalue weighted by Gasteiger charge is 2.53. The van der Waals surface area contributed by atoms with Crippen LogP contribution in [0.4, 0.5) is 0 Å². The molecular weight excluding hydrogens is 332 g/mol. The van der Waals surface area contributed by atoms with Gasteiger partial charge < -0.3 is 14.4 Å². The van der Waals surface area contributed by atoms with Gasteiger partial charge in [-0.15, -0.1) is 0 Å². The predicted molar refractivity (Wildman–Crippen MR) is 96.8 cm³/mol. The van der Waals surface area contributed by atoms with E-state index in [0.717, 1.165) is 54.7 Å². The van der Waals surface area contributed by atoms with Gasteiger partial charge in [0, 0.05) is 24.4 Å². The van der Waals surface area contributed by atoms with Gasteiger partial charge in [0.2, 0.25) is 5.91 Å². The molecule has 1 aromatic heterocycles. The van der Waals surface area contributed by atoms with Gasteiger partial charge in [0.05, 0.1) is 31.7 Å². The Labute approximate surface area is 154 Å². The van der Waals surface area contributed by atoms with Crippen LogP contribution in [0.5, 0.6) is 5.75 Å². The minimum Gasteiger partial charge on any atom is -0.496 e. The van der Waals surface area contributed by atoms with E-state index in [1.807, 2.05) is 13.8 Å². The summed E-state index contributed by atoms with van der Waals surface area (Å²) in [5.74, 6) is 0.148. The van der Waals surface area contributed by atoms with E-state index in [0.29, 0.717) is 6.54 Å². The van der Waals surface area contributed by atoms with Crippen molar-refractivity contribution in [1.29, 1.82) is 0 Å². The molecule has 1 spiro atoms. The number of pyridine rings is 1. The highest BCUT2D eigenvalue weighted by atomic mass is 16.6. The third-order valence-electron chi connectivity index (χ3n) is 5.83. The van der Waals surface area contributed by atoms with Gasteiger partial charge in [-0.05, 0) is 39.5 Å². The van der Waals surface area contributed by atoms with E-state index >= 15 is 0 Å². The van der Waals surface area contributed by atoms with Gasteiger partial charge in [0.1, 0.15) is 11.4 Å². The lowest BCUT2D eigenvalue weighted by Gasteiger charge is -2.37. The summed E-state index contributed by atoms with van der Waals surface area (Å²) in [6, 6.07) is 0. The highest BCUT2D eigenvalue weighted by Crippen LogP contribution is 2.45. The minimum absolute atomic E-state index is 0.0292. The van der Waals surface area contributed by atoms with Crippen LogP contribution in [-0.2, 0) is 20.9 Å². The second kappa shape index (κ2) is 7.25. The van der Waals surface area contributed by atoms with Crippen LogP contribution in [-0.4, -0.2) is 41.5 Å². The zero-order chi connectivity index (χ0) is 18.9. The van der Waals surface area contributed by atoms with Crippen LogP contribution in [0.2, 0.25) is 0 Å².